The van der Waals surface area contributed by atoms with E-state index in [1.54, 1.807) is 6.07 Å². The van der Waals surface area contributed by atoms with Gasteiger partial charge in [-0.2, -0.15) is 0 Å². The van der Waals surface area contributed by atoms with Crippen LogP contribution in [0.1, 0.15) is 26.8 Å². The molecule has 0 aliphatic carbocycles. The second-order valence-corrected chi connectivity index (χ2v) is 10.2. The van der Waals surface area contributed by atoms with Gasteiger partial charge in [0.25, 0.3) is 0 Å². The molecule has 3 aliphatic heterocycles. The molecule has 0 saturated carbocycles. The van der Waals surface area contributed by atoms with E-state index in [9.17, 15) is 14.4 Å². The van der Waals surface area contributed by atoms with E-state index in [0.29, 0.717) is 10.6 Å². The van der Waals surface area contributed by atoms with Crippen molar-refractivity contribution in [1.82, 2.24) is 4.90 Å². The van der Waals surface area contributed by atoms with Crippen LogP contribution in [0.25, 0.3) is 16.8 Å². The Morgan fingerprint density at radius 2 is 1.57 bits per heavy atom. The molecule has 7 rings (SSSR count). The summed E-state index contributed by atoms with van der Waals surface area (Å²) in [5.41, 5.74) is 2.55. The minimum Gasteiger partial charge on any atom is -0.358 e. The van der Waals surface area contributed by atoms with Gasteiger partial charge in [0.15, 0.2) is 5.78 Å². The number of imide groups is 1. The van der Waals surface area contributed by atoms with Crippen LogP contribution in [-0.2, 0) is 9.59 Å². The van der Waals surface area contributed by atoms with Gasteiger partial charge >= 0.3 is 0 Å². The van der Waals surface area contributed by atoms with E-state index in [1.807, 2.05) is 95.4 Å². The van der Waals surface area contributed by atoms with Crippen LogP contribution in [0.3, 0.4) is 0 Å². The van der Waals surface area contributed by atoms with E-state index in [2.05, 4.69) is 0 Å². The van der Waals surface area contributed by atoms with E-state index < -0.39 is 17.9 Å². The third-order valence-electron chi connectivity index (χ3n) is 7.49. The maximum atomic E-state index is 14.0. The lowest BCUT2D eigenvalue weighted by Gasteiger charge is -2.35. The lowest BCUT2D eigenvalue weighted by Crippen LogP contribution is -2.44. The number of anilines is 1. The molecule has 4 aromatic rings. The van der Waals surface area contributed by atoms with Crippen LogP contribution < -0.4 is 4.90 Å². The van der Waals surface area contributed by atoms with Gasteiger partial charge in [0.1, 0.15) is 6.04 Å². The fourth-order valence-corrected chi connectivity index (χ4v) is 6.69. The summed E-state index contributed by atoms with van der Waals surface area (Å²) < 4.78 is 0. The van der Waals surface area contributed by atoms with Gasteiger partial charge in [-0.3, -0.25) is 14.4 Å². The van der Waals surface area contributed by atoms with Crippen LogP contribution in [0.5, 0.6) is 0 Å². The van der Waals surface area contributed by atoms with Crippen molar-refractivity contribution in [2.75, 3.05) is 4.90 Å². The monoisotopic (exact) mass is 476 g/mol. The van der Waals surface area contributed by atoms with Crippen LogP contribution in [0.4, 0.5) is 5.69 Å². The van der Waals surface area contributed by atoms with Gasteiger partial charge in [0.05, 0.1) is 28.4 Å². The summed E-state index contributed by atoms with van der Waals surface area (Å²) in [5, 5.41) is 3.86. The number of ketones is 1. The van der Waals surface area contributed by atoms with Crippen LogP contribution in [0.15, 0.2) is 90.4 Å². The summed E-state index contributed by atoms with van der Waals surface area (Å²) in [7, 11) is 0. The van der Waals surface area contributed by atoms with E-state index in [-0.39, 0.29) is 23.6 Å². The zero-order chi connectivity index (χ0) is 23.7. The van der Waals surface area contributed by atoms with Crippen molar-refractivity contribution in [1.29, 1.82) is 0 Å². The highest BCUT2D eigenvalue weighted by Crippen LogP contribution is 2.53. The van der Waals surface area contributed by atoms with Crippen LogP contribution in [0.2, 0.25) is 0 Å². The number of nitrogens with zero attached hydrogens (tertiary/aromatic N) is 2. The maximum absolute atomic E-state index is 14.0. The first kappa shape index (κ1) is 20.4. The number of carbonyl (C=O) groups excluding carboxylic acids is 3. The molecule has 0 spiro atoms. The molecule has 2 saturated heterocycles. The molecule has 4 heterocycles. The topological polar surface area (TPSA) is 57.7 Å². The number of hydrogen-bond donors (Lipinski definition) is 0. The predicted octanol–water partition coefficient (Wildman–Crippen LogP) is 5.30. The van der Waals surface area contributed by atoms with Gasteiger partial charge in [-0.1, -0.05) is 60.7 Å². The summed E-state index contributed by atoms with van der Waals surface area (Å²) >= 11 is 1.37. The minimum absolute atomic E-state index is 0.108. The molecule has 1 aromatic heterocycles. The minimum atomic E-state index is -0.746. The number of benzene rings is 3. The lowest BCUT2D eigenvalue weighted by molar-refractivity contribution is -0.123. The molecule has 4 atom stereocenters. The Morgan fingerprint density at radius 3 is 2.40 bits per heavy atom. The maximum Gasteiger partial charge on any atom is 0.240 e. The first-order valence-electron chi connectivity index (χ1n) is 11.6. The van der Waals surface area contributed by atoms with E-state index in [1.165, 1.54) is 16.2 Å². The fourth-order valence-electron chi connectivity index (χ4n) is 5.99. The third-order valence-corrected chi connectivity index (χ3v) is 8.37. The molecule has 0 unspecified atom stereocenters. The number of amides is 2. The summed E-state index contributed by atoms with van der Waals surface area (Å²) in [6, 6.07) is 24.0. The molecular formula is C29H20N2O3S. The van der Waals surface area contributed by atoms with Gasteiger partial charge in [0.2, 0.25) is 11.8 Å². The first-order valence-corrected chi connectivity index (χ1v) is 12.5. The molecule has 2 fully saturated rings. The van der Waals surface area contributed by atoms with Crippen molar-refractivity contribution < 1.29 is 14.4 Å². The van der Waals surface area contributed by atoms with Gasteiger partial charge < -0.3 is 4.90 Å². The summed E-state index contributed by atoms with van der Waals surface area (Å²) in [5.74, 6) is -2.02. The van der Waals surface area contributed by atoms with Crippen molar-refractivity contribution in [3.8, 4) is 0 Å². The van der Waals surface area contributed by atoms with Crippen molar-refractivity contribution in [3.05, 3.63) is 106 Å². The smallest absolute Gasteiger partial charge is 0.240 e. The average molecular weight is 477 g/mol. The number of fused-ring (bicyclic) bond motifs is 6. The van der Waals surface area contributed by atoms with Gasteiger partial charge in [-0.25, -0.2) is 4.90 Å². The Labute approximate surface area is 205 Å². The molecule has 0 radical (unpaired) electrons. The number of Topliss-reactive ketones (excluding diaryl/α,β-unsaturated/α-hetero) is 1. The van der Waals surface area contributed by atoms with Crippen molar-refractivity contribution in [3.63, 3.8) is 0 Å². The van der Waals surface area contributed by atoms with Gasteiger partial charge in [-0.05, 0) is 51.6 Å². The number of hydrogen-bond acceptors (Lipinski definition) is 5. The Morgan fingerprint density at radius 1 is 0.800 bits per heavy atom. The predicted molar refractivity (Wildman–Crippen MR) is 136 cm³/mol. The standard InChI is InChI=1S/C29H20N2O3S/c32-27(22-10-5-15-35-22)26-24-23(25-21-9-4-3-7-18(21)13-14-30(25)26)28(33)31(29(24)34)20-12-11-17-6-1-2-8-19(17)16-20/h1-16,23-26H/t23-,24-,25-,26+/m1/s1. The van der Waals surface area contributed by atoms with Crippen LogP contribution >= 0.6 is 11.3 Å². The highest BCUT2D eigenvalue weighted by atomic mass is 32.1. The average Bonchev–Trinajstić information content (AvgIpc) is 3.60. The Hall–Kier alpha value is -4.03. The molecule has 2 amide bonds. The lowest BCUT2D eigenvalue weighted by atomic mass is 9.84. The molecule has 3 aliphatic rings. The molecule has 6 heteroatoms. The van der Waals surface area contributed by atoms with Crippen LogP contribution in [0, 0.1) is 11.8 Å². The third kappa shape index (κ3) is 2.83. The summed E-state index contributed by atoms with van der Waals surface area (Å²) in [6.45, 7) is 0. The molecular weight excluding hydrogens is 456 g/mol. The fraction of sp³-hybridized carbons (Fsp3) is 0.138. The Kier molecular flexibility index (Phi) is 4.35. The number of carbonyl (C=O) groups is 3. The normalized spacial score (nSPS) is 24.6. The second kappa shape index (κ2) is 7.48. The largest absolute Gasteiger partial charge is 0.358 e. The van der Waals surface area contributed by atoms with E-state index in [4.69, 9.17) is 0 Å². The zero-order valence-electron chi connectivity index (χ0n) is 18.6. The van der Waals surface area contributed by atoms with Gasteiger partial charge in [-0.15, -0.1) is 11.3 Å². The van der Waals surface area contributed by atoms with Crippen molar-refractivity contribution in [2.24, 2.45) is 11.8 Å². The SMILES string of the molecule is O=C(c1cccs1)[C@@H]1[C@@H]2C(=O)N(c3ccc4ccccc4c3)C(=O)[C@H]2[C@H]2c3ccccc3C=CN12. The van der Waals surface area contributed by atoms with Crippen molar-refractivity contribution >= 4 is 51.5 Å². The number of rotatable bonds is 3. The molecule has 3 aromatic carbocycles. The molecule has 170 valence electrons. The summed E-state index contributed by atoms with van der Waals surface area (Å²) in [6.07, 6.45) is 3.86. The Balaban J connectivity index is 1.38. The van der Waals surface area contributed by atoms with E-state index >= 15 is 0 Å². The first-order chi connectivity index (χ1) is 17.1. The summed E-state index contributed by atoms with van der Waals surface area (Å²) in [4.78, 5) is 45.6. The highest BCUT2D eigenvalue weighted by molar-refractivity contribution is 7.12. The molecule has 0 N–H and O–H groups in total. The molecule has 0 bridgehead atoms. The molecule has 35 heavy (non-hydrogen) atoms. The Bertz CT molecular complexity index is 1560. The number of thiophene rings is 1. The van der Waals surface area contributed by atoms with Crippen molar-refractivity contribution in [2.45, 2.75) is 12.1 Å². The highest BCUT2D eigenvalue weighted by Gasteiger charge is 2.64. The zero-order valence-corrected chi connectivity index (χ0v) is 19.4. The second-order valence-electron chi connectivity index (χ2n) is 9.22. The quantitative estimate of drug-likeness (QED) is 0.297. The van der Waals surface area contributed by atoms with Gasteiger partial charge in [0, 0.05) is 6.20 Å². The van der Waals surface area contributed by atoms with Crippen LogP contribution in [-0.4, -0.2) is 28.5 Å². The molecule has 5 nitrogen and oxygen atoms in total. The van der Waals surface area contributed by atoms with E-state index in [0.717, 1.165) is 21.9 Å².